The number of aromatic nitrogens is 1. The molecule has 1 aromatic heterocycles. The van der Waals surface area contributed by atoms with Crippen molar-refractivity contribution in [1.82, 2.24) is 14.4 Å². The number of methoxy groups -OCH3 is 1. The van der Waals surface area contributed by atoms with Crippen molar-refractivity contribution < 1.29 is 9.53 Å². The lowest BCUT2D eigenvalue weighted by Gasteiger charge is -2.45. The van der Waals surface area contributed by atoms with Gasteiger partial charge in [0.1, 0.15) is 5.69 Å². The molecule has 138 valence electrons. The minimum absolute atomic E-state index is 0.160. The normalized spacial score (nSPS) is 27.0. The second-order valence-corrected chi connectivity index (χ2v) is 8.37. The summed E-state index contributed by atoms with van der Waals surface area (Å²) >= 11 is 0. The molecule has 5 heteroatoms. The van der Waals surface area contributed by atoms with Gasteiger partial charge < -0.3 is 19.1 Å². The first kappa shape index (κ1) is 17.1. The van der Waals surface area contributed by atoms with E-state index in [1.165, 1.54) is 45.2 Å². The van der Waals surface area contributed by atoms with Crippen LogP contribution in [0.5, 0.6) is 0 Å². The lowest BCUT2D eigenvalue weighted by atomic mass is 9.75. The van der Waals surface area contributed by atoms with Gasteiger partial charge in [-0.1, -0.05) is 6.42 Å². The van der Waals surface area contributed by atoms with Gasteiger partial charge in [0.05, 0.1) is 12.6 Å². The van der Waals surface area contributed by atoms with Crippen molar-refractivity contribution in [3.8, 4) is 0 Å². The van der Waals surface area contributed by atoms with Gasteiger partial charge in [-0.3, -0.25) is 4.79 Å². The quantitative estimate of drug-likeness (QED) is 0.842. The highest BCUT2D eigenvalue weighted by Crippen LogP contribution is 2.45. The van der Waals surface area contributed by atoms with Crippen LogP contribution in [-0.4, -0.2) is 65.7 Å². The summed E-state index contributed by atoms with van der Waals surface area (Å²) < 4.78 is 7.39. The number of aryl methyl sites for hydroxylation is 1. The Bertz CT molecular complexity index is 614. The fourth-order valence-electron chi connectivity index (χ4n) is 5.05. The summed E-state index contributed by atoms with van der Waals surface area (Å²) in [7, 11) is 3.69. The van der Waals surface area contributed by atoms with Gasteiger partial charge in [-0.05, 0) is 62.7 Å². The smallest absolute Gasteiger partial charge is 0.270 e. The Labute approximate surface area is 150 Å². The van der Waals surface area contributed by atoms with Crippen LogP contribution in [0.2, 0.25) is 0 Å². The molecule has 2 aliphatic heterocycles. The predicted molar refractivity (Wildman–Crippen MR) is 97.6 cm³/mol. The number of amides is 1. The summed E-state index contributed by atoms with van der Waals surface area (Å²) in [6.45, 7) is 3.95. The van der Waals surface area contributed by atoms with Gasteiger partial charge in [-0.2, -0.15) is 0 Å². The SMILES string of the molecule is COC[C@@H]1CC2(CCN(C3CCC3)CC2)CN1C(=O)c1cccn1C. The molecular weight excluding hydrogens is 314 g/mol. The topological polar surface area (TPSA) is 37.7 Å². The molecule has 0 aromatic carbocycles. The number of rotatable bonds is 4. The molecule has 3 aliphatic rings. The van der Waals surface area contributed by atoms with Crippen molar-refractivity contribution in [2.45, 2.75) is 50.6 Å². The second-order valence-electron chi connectivity index (χ2n) is 8.37. The lowest BCUT2D eigenvalue weighted by Crippen LogP contribution is -2.48. The van der Waals surface area contributed by atoms with Crippen LogP contribution >= 0.6 is 0 Å². The lowest BCUT2D eigenvalue weighted by molar-refractivity contribution is 0.0443. The average Bonchev–Trinajstić information content (AvgIpc) is 3.12. The number of piperidine rings is 1. The maximum Gasteiger partial charge on any atom is 0.270 e. The molecule has 0 N–H and O–H groups in total. The highest BCUT2D eigenvalue weighted by atomic mass is 16.5. The number of carbonyl (C=O) groups is 1. The Morgan fingerprint density at radius 1 is 1.32 bits per heavy atom. The maximum atomic E-state index is 13.1. The molecule has 1 saturated carbocycles. The van der Waals surface area contributed by atoms with Crippen LogP contribution in [0.15, 0.2) is 18.3 Å². The van der Waals surface area contributed by atoms with E-state index in [4.69, 9.17) is 4.74 Å². The van der Waals surface area contributed by atoms with Crippen LogP contribution in [0, 0.1) is 5.41 Å². The summed E-state index contributed by atoms with van der Waals surface area (Å²) in [6, 6.07) is 4.93. The first-order chi connectivity index (χ1) is 12.1. The van der Waals surface area contributed by atoms with Gasteiger partial charge in [0.25, 0.3) is 5.91 Å². The van der Waals surface area contributed by atoms with Crippen LogP contribution < -0.4 is 0 Å². The van der Waals surface area contributed by atoms with Gasteiger partial charge in [-0.25, -0.2) is 0 Å². The third-order valence-electron chi connectivity index (χ3n) is 6.85. The van der Waals surface area contributed by atoms with E-state index in [0.29, 0.717) is 12.0 Å². The Morgan fingerprint density at radius 3 is 2.64 bits per heavy atom. The molecule has 1 aromatic rings. The molecule has 1 atom stereocenters. The Morgan fingerprint density at radius 2 is 2.08 bits per heavy atom. The number of hydrogen-bond donors (Lipinski definition) is 0. The Kier molecular flexibility index (Phi) is 4.63. The molecule has 1 spiro atoms. The highest BCUT2D eigenvalue weighted by Gasteiger charge is 2.48. The number of carbonyl (C=O) groups excluding carboxylic acids is 1. The molecule has 3 heterocycles. The first-order valence-electron chi connectivity index (χ1n) is 9.77. The van der Waals surface area contributed by atoms with E-state index in [-0.39, 0.29) is 11.9 Å². The zero-order valence-corrected chi connectivity index (χ0v) is 15.6. The average molecular weight is 345 g/mol. The van der Waals surface area contributed by atoms with Gasteiger partial charge in [-0.15, -0.1) is 0 Å². The Hall–Kier alpha value is -1.33. The maximum absolute atomic E-state index is 13.1. The van der Waals surface area contributed by atoms with Gasteiger partial charge in [0, 0.05) is 32.9 Å². The van der Waals surface area contributed by atoms with Gasteiger partial charge in [0.15, 0.2) is 0 Å². The fraction of sp³-hybridized carbons (Fsp3) is 0.750. The second kappa shape index (κ2) is 6.76. The van der Waals surface area contributed by atoms with E-state index in [1.54, 1.807) is 7.11 Å². The molecule has 0 unspecified atom stereocenters. The van der Waals surface area contributed by atoms with E-state index >= 15 is 0 Å². The van der Waals surface area contributed by atoms with E-state index in [0.717, 1.165) is 24.7 Å². The van der Waals surface area contributed by atoms with Crippen molar-refractivity contribution in [1.29, 1.82) is 0 Å². The third-order valence-corrected chi connectivity index (χ3v) is 6.85. The zero-order chi connectivity index (χ0) is 17.4. The van der Waals surface area contributed by atoms with Crippen LogP contribution in [0.25, 0.3) is 0 Å². The first-order valence-corrected chi connectivity index (χ1v) is 9.77. The largest absolute Gasteiger partial charge is 0.383 e. The molecule has 1 amide bonds. The fourth-order valence-corrected chi connectivity index (χ4v) is 5.05. The molecule has 0 bridgehead atoms. The summed E-state index contributed by atoms with van der Waals surface area (Å²) in [5.74, 6) is 0.160. The molecule has 0 radical (unpaired) electrons. The van der Waals surface area contributed by atoms with E-state index in [2.05, 4.69) is 9.80 Å². The van der Waals surface area contributed by atoms with E-state index < -0.39 is 0 Å². The Balaban J connectivity index is 1.47. The molecule has 3 fully saturated rings. The standard InChI is InChI=1S/C20H31N3O2/c1-21-10-4-7-18(21)19(24)23-15-20(13-17(23)14-25-2)8-11-22(12-9-20)16-5-3-6-16/h4,7,10,16-17H,3,5-6,8-9,11-15H2,1-2H3/t17-/m0/s1. The van der Waals surface area contributed by atoms with Crippen LogP contribution in [-0.2, 0) is 11.8 Å². The summed E-state index contributed by atoms with van der Waals surface area (Å²) in [5.41, 5.74) is 1.08. The van der Waals surface area contributed by atoms with Crippen molar-refractivity contribution in [3.05, 3.63) is 24.0 Å². The third kappa shape index (κ3) is 3.13. The van der Waals surface area contributed by atoms with Gasteiger partial charge >= 0.3 is 0 Å². The minimum Gasteiger partial charge on any atom is -0.383 e. The highest BCUT2D eigenvalue weighted by molar-refractivity contribution is 5.93. The summed E-state index contributed by atoms with van der Waals surface area (Å²) in [4.78, 5) is 17.9. The van der Waals surface area contributed by atoms with Gasteiger partial charge in [0.2, 0.25) is 0 Å². The van der Waals surface area contributed by atoms with Crippen molar-refractivity contribution >= 4 is 5.91 Å². The number of hydrogen-bond acceptors (Lipinski definition) is 3. The number of likely N-dealkylation sites (tertiary alicyclic amines) is 2. The minimum atomic E-state index is 0.160. The van der Waals surface area contributed by atoms with Crippen LogP contribution in [0.1, 0.15) is 49.0 Å². The molecule has 5 nitrogen and oxygen atoms in total. The molecular formula is C20H31N3O2. The zero-order valence-electron chi connectivity index (χ0n) is 15.6. The number of ether oxygens (including phenoxy) is 1. The summed E-state index contributed by atoms with van der Waals surface area (Å²) in [5, 5.41) is 0. The molecule has 4 rings (SSSR count). The monoisotopic (exact) mass is 345 g/mol. The van der Waals surface area contributed by atoms with E-state index in [9.17, 15) is 4.79 Å². The van der Waals surface area contributed by atoms with Crippen molar-refractivity contribution in [2.24, 2.45) is 12.5 Å². The molecule has 25 heavy (non-hydrogen) atoms. The van der Waals surface area contributed by atoms with E-state index in [1.807, 2.05) is 29.9 Å². The van der Waals surface area contributed by atoms with Crippen molar-refractivity contribution in [2.75, 3.05) is 33.4 Å². The van der Waals surface area contributed by atoms with Crippen molar-refractivity contribution in [3.63, 3.8) is 0 Å². The molecule has 1 aliphatic carbocycles. The van der Waals surface area contributed by atoms with Crippen LogP contribution in [0.4, 0.5) is 0 Å². The number of nitrogens with zero attached hydrogens (tertiary/aromatic N) is 3. The molecule has 2 saturated heterocycles. The predicted octanol–water partition coefficient (Wildman–Crippen LogP) is 2.52. The summed E-state index contributed by atoms with van der Waals surface area (Å²) in [6.07, 6.45) is 9.66. The van der Waals surface area contributed by atoms with Crippen LogP contribution in [0.3, 0.4) is 0 Å².